The molecule has 1 unspecified atom stereocenters. The van der Waals surface area contributed by atoms with Gasteiger partial charge in [-0.2, -0.15) is 0 Å². The minimum atomic E-state index is -0.369. The number of fused-ring (bicyclic) bond motifs is 1. The third-order valence-electron chi connectivity index (χ3n) is 3.61. The van der Waals surface area contributed by atoms with Crippen molar-refractivity contribution in [1.29, 1.82) is 0 Å². The van der Waals surface area contributed by atoms with Crippen molar-refractivity contribution in [3.05, 3.63) is 59.9 Å². The Hall–Kier alpha value is -2.27. The van der Waals surface area contributed by atoms with E-state index in [1.165, 1.54) is 12.3 Å². The van der Waals surface area contributed by atoms with E-state index in [9.17, 15) is 4.39 Å². The van der Waals surface area contributed by atoms with E-state index < -0.39 is 0 Å². The first-order valence-corrected chi connectivity index (χ1v) is 6.99. The molecule has 0 aliphatic heterocycles. The molecule has 2 heterocycles. The van der Waals surface area contributed by atoms with Crippen LogP contribution >= 0.6 is 0 Å². The molecule has 0 aliphatic carbocycles. The summed E-state index contributed by atoms with van der Waals surface area (Å²) < 4.78 is 15.4. The molecule has 0 aliphatic rings. The molecule has 0 saturated carbocycles. The molecule has 0 bridgehead atoms. The highest BCUT2D eigenvalue weighted by Crippen LogP contribution is 2.20. The number of imidazole rings is 1. The number of nitrogens with zero attached hydrogens (tertiary/aromatic N) is 3. The molecule has 108 valence electrons. The van der Waals surface area contributed by atoms with E-state index in [0.29, 0.717) is 12.0 Å². The van der Waals surface area contributed by atoms with Gasteiger partial charge in [0.05, 0.1) is 17.2 Å². The van der Waals surface area contributed by atoms with Crippen LogP contribution < -0.4 is 5.73 Å². The number of rotatable bonds is 4. The quantitative estimate of drug-likeness (QED) is 0.801. The fourth-order valence-corrected chi connectivity index (χ4v) is 2.58. The molecule has 1 aromatic carbocycles. The first kappa shape index (κ1) is 13.7. The maximum atomic E-state index is 13.2. The van der Waals surface area contributed by atoms with Crippen LogP contribution in [0.4, 0.5) is 4.39 Å². The lowest BCUT2D eigenvalue weighted by Crippen LogP contribution is -2.17. The van der Waals surface area contributed by atoms with Crippen LogP contribution in [0.3, 0.4) is 0 Å². The monoisotopic (exact) mass is 284 g/mol. The summed E-state index contributed by atoms with van der Waals surface area (Å²) >= 11 is 0. The molecule has 0 fully saturated rings. The van der Waals surface area contributed by atoms with Gasteiger partial charge in [0.15, 0.2) is 0 Å². The minimum absolute atomic E-state index is 0.324. The normalized spacial score (nSPS) is 12.7. The van der Waals surface area contributed by atoms with Crippen molar-refractivity contribution in [1.82, 2.24) is 14.5 Å². The summed E-state index contributed by atoms with van der Waals surface area (Å²) in [4.78, 5) is 8.49. The van der Waals surface area contributed by atoms with Crippen molar-refractivity contribution in [2.24, 2.45) is 5.73 Å². The van der Waals surface area contributed by atoms with E-state index in [2.05, 4.69) is 21.5 Å². The van der Waals surface area contributed by atoms with Crippen LogP contribution in [0.15, 0.2) is 42.7 Å². The van der Waals surface area contributed by atoms with Gasteiger partial charge in [0.2, 0.25) is 0 Å². The maximum Gasteiger partial charge on any atom is 0.141 e. The van der Waals surface area contributed by atoms with Crippen LogP contribution in [-0.4, -0.2) is 14.5 Å². The molecule has 0 amide bonds. The number of benzene rings is 1. The molecule has 2 N–H and O–H groups in total. The Kier molecular flexibility index (Phi) is 3.66. The van der Waals surface area contributed by atoms with Gasteiger partial charge in [0, 0.05) is 25.2 Å². The highest BCUT2D eigenvalue weighted by atomic mass is 19.1. The number of aromatic nitrogens is 3. The highest BCUT2D eigenvalue weighted by molar-refractivity contribution is 5.75. The Labute approximate surface area is 122 Å². The van der Waals surface area contributed by atoms with Gasteiger partial charge in [0.1, 0.15) is 11.6 Å². The molecule has 1 atom stereocenters. The summed E-state index contributed by atoms with van der Waals surface area (Å²) in [5.41, 5.74) is 8.92. The fraction of sp³-hybridized carbons (Fsp3) is 0.250. The second-order valence-corrected chi connectivity index (χ2v) is 5.01. The van der Waals surface area contributed by atoms with E-state index in [4.69, 9.17) is 5.73 Å². The van der Waals surface area contributed by atoms with Gasteiger partial charge >= 0.3 is 0 Å². The Balaban J connectivity index is 1.94. The molecule has 0 spiro atoms. The number of pyridine rings is 1. The molecule has 0 saturated heterocycles. The van der Waals surface area contributed by atoms with Gasteiger partial charge in [-0.25, -0.2) is 9.37 Å². The van der Waals surface area contributed by atoms with Crippen molar-refractivity contribution in [3.63, 3.8) is 0 Å². The van der Waals surface area contributed by atoms with Gasteiger partial charge in [-0.05, 0) is 30.7 Å². The third-order valence-corrected chi connectivity index (χ3v) is 3.61. The molecule has 5 heteroatoms. The maximum absolute atomic E-state index is 13.2. The number of para-hydroxylation sites is 2. The van der Waals surface area contributed by atoms with E-state index in [-0.39, 0.29) is 11.9 Å². The lowest BCUT2D eigenvalue weighted by atomic mass is 10.1. The third kappa shape index (κ3) is 2.64. The Morgan fingerprint density at radius 2 is 2.10 bits per heavy atom. The predicted octanol–water partition coefficient (Wildman–Crippen LogP) is 2.83. The van der Waals surface area contributed by atoms with E-state index in [1.807, 2.05) is 24.3 Å². The van der Waals surface area contributed by atoms with Crippen molar-refractivity contribution >= 4 is 11.0 Å². The molecule has 3 rings (SSSR count). The molecule has 0 radical (unpaired) electrons. The number of aryl methyl sites for hydroxylation is 1. The standard InChI is InChI=1S/C16H17FN4/c1-2-21-15-6-4-3-5-14(15)20-16(21)8-13(18)11-7-12(17)10-19-9-11/h3-7,9-10,13H,2,8,18H2,1H3. The minimum Gasteiger partial charge on any atom is -0.328 e. The molecule has 3 aromatic rings. The number of hydrogen-bond donors (Lipinski definition) is 1. The van der Waals surface area contributed by atoms with Crippen molar-refractivity contribution in [2.75, 3.05) is 0 Å². The van der Waals surface area contributed by atoms with E-state index in [1.54, 1.807) is 6.20 Å². The molecular formula is C16H17FN4. The molecule has 4 nitrogen and oxygen atoms in total. The zero-order valence-corrected chi connectivity index (χ0v) is 11.8. The van der Waals surface area contributed by atoms with E-state index in [0.717, 1.165) is 23.4 Å². The summed E-state index contributed by atoms with van der Waals surface area (Å²) in [6.07, 6.45) is 3.33. The highest BCUT2D eigenvalue weighted by Gasteiger charge is 2.14. The fourth-order valence-electron chi connectivity index (χ4n) is 2.58. The van der Waals surface area contributed by atoms with Gasteiger partial charge in [-0.15, -0.1) is 0 Å². The van der Waals surface area contributed by atoms with Crippen molar-refractivity contribution < 1.29 is 4.39 Å². The summed E-state index contributed by atoms with van der Waals surface area (Å²) in [7, 11) is 0. The number of hydrogen-bond acceptors (Lipinski definition) is 3. The average molecular weight is 284 g/mol. The SMILES string of the molecule is CCn1c(CC(N)c2cncc(F)c2)nc2ccccc21. The van der Waals surface area contributed by atoms with Crippen LogP contribution in [0.5, 0.6) is 0 Å². The zero-order valence-electron chi connectivity index (χ0n) is 11.8. The second-order valence-electron chi connectivity index (χ2n) is 5.01. The molecule has 21 heavy (non-hydrogen) atoms. The largest absolute Gasteiger partial charge is 0.328 e. The number of halogens is 1. The van der Waals surface area contributed by atoms with Crippen LogP contribution in [0.2, 0.25) is 0 Å². The molecular weight excluding hydrogens is 267 g/mol. The van der Waals surface area contributed by atoms with Gasteiger partial charge in [0.25, 0.3) is 0 Å². The Bertz CT molecular complexity index is 766. The lowest BCUT2D eigenvalue weighted by Gasteiger charge is -2.12. The molecule has 2 aromatic heterocycles. The number of nitrogens with two attached hydrogens (primary N) is 1. The lowest BCUT2D eigenvalue weighted by molar-refractivity contribution is 0.601. The Morgan fingerprint density at radius 3 is 2.86 bits per heavy atom. The van der Waals surface area contributed by atoms with Gasteiger partial charge in [-0.1, -0.05) is 12.1 Å². The van der Waals surface area contributed by atoms with Crippen molar-refractivity contribution in [2.45, 2.75) is 25.9 Å². The summed E-state index contributed by atoms with van der Waals surface area (Å²) in [6.45, 7) is 2.90. The summed E-state index contributed by atoms with van der Waals surface area (Å²) in [5, 5.41) is 0. The van der Waals surface area contributed by atoms with Gasteiger partial charge < -0.3 is 10.3 Å². The average Bonchev–Trinajstić information content (AvgIpc) is 2.84. The van der Waals surface area contributed by atoms with E-state index >= 15 is 0 Å². The van der Waals surface area contributed by atoms with Crippen LogP contribution in [0.25, 0.3) is 11.0 Å². The summed E-state index contributed by atoms with van der Waals surface area (Å²) in [5.74, 6) is 0.544. The Morgan fingerprint density at radius 1 is 1.29 bits per heavy atom. The van der Waals surface area contributed by atoms with Crippen molar-refractivity contribution in [3.8, 4) is 0 Å². The van der Waals surface area contributed by atoms with Crippen LogP contribution in [0, 0.1) is 5.82 Å². The summed E-state index contributed by atoms with van der Waals surface area (Å²) in [6, 6.07) is 9.10. The van der Waals surface area contributed by atoms with Crippen LogP contribution in [0.1, 0.15) is 24.4 Å². The second kappa shape index (κ2) is 5.61. The topological polar surface area (TPSA) is 56.7 Å². The van der Waals surface area contributed by atoms with Gasteiger partial charge in [-0.3, -0.25) is 4.98 Å². The predicted molar refractivity (Wildman–Crippen MR) is 80.2 cm³/mol. The first-order chi connectivity index (χ1) is 10.2. The smallest absolute Gasteiger partial charge is 0.141 e. The van der Waals surface area contributed by atoms with Crippen LogP contribution in [-0.2, 0) is 13.0 Å². The first-order valence-electron chi connectivity index (χ1n) is 6.99. The zero-order chi connectivity index (χ0) is 14.8.